The smallest absolute Gasteiger partial charge is 0.0396 e. The van der Waals surface area contributed by atoms with Gasteiger partial charge < -0.3 is 16.0 Å². The van der Waals surface area contributed by atoms with Gasteiger partial charge in [-0.05, 0) is 185 Å². The molecule has 15 rings (SSSR count). The largest absolute Gasteiger partial charge is 0.356 e. The van der Waals surface area contributed by atoms with Crippen molar-refractivity contribution in [2.45, 2.75) is 38.5 Å². The summed E-state index contributed by atoms with van der Waals surface area (Å²) in [6.45, 7) is 9.31. The average Bonchev–Trinajstić information content (AvgIpc) is 2.02. The molecule has 0 saturated heterocycles. The molecule has 13 aromatic rings. The summed E-state index contributed by atoms with van der Waals surface area (Å²) in [5.74, 6) is 0. The molecule has 13 aromatic carbocycles. The fourth-order valence-corrected chi connectivity index (χ4v) is 12.5. The van der Waals surface area contributed by atoms with Crippen molar-refractivity contribution in [1.82, 2.24) is 0 Å². The van der Waals surface area contributed by atoms with Gasteiger partial charge in [0.05, 0.1) is 0 Å². The Bertz CT molecular complexity index is 4420. The quantitative estimate of drug-likeness (QED) is 0.121. The molecular weight excluding hydrogens is 1050 g/mol. The van der Waals surface area contributed by atoms with Crippen LogP contribution in [0.3, 0.4) is 0 Å². The fourth-order valence-electron chi connectivity index (χ4n) is 12.5. The van der Waals surface area contributed by atoms with E-state index in [0.717, 1.165) is 34.1 Å². The van der Waals surface area contributed by atoms with Gasteiger partial charge in [-0.15, -0.1) is 0 Å². The first-order chi connectivity index (χ1) is 42.6. The van der Waals surface area contributed by atoms with Crippen LogP contribution in [0.5, 0.6) is 0 Å². The predicted octanol–water partition coefficient (Wildman–Crippen LogP) is 23.2. The van der Waals surface area contributed by atoms with Crippen molar-refractivity contribution >= 4 is 34.1 Å². The topological polar surface area (TPSA) is 36.1 Å². The fraction of sp³-hybridized carbons (Fsp3) is 0.0714. The number of rotatable bonds is 11. The lowest BCUT2D eigenvalue weighted by molar-refractivity contribution is 0.660. The molecule has 0 spiro atoms. The van der Waals surface area contributed by atoms with Crippen molar-refractivity contribution in [3.05, 3.63) is 350 Å². The Morgan fingerprint density at radius 3 is 0.977 bits per heavy atom. The Morgan fingerprint density at radius 1 is 0.172 bits per heavy atom. The second-order valence-electron chi connectivity index (χ2n) is 23.6. The van der Waals surface area contributed by atoms with E-state index < -0.39 is 0 Å². The Morgan fingerprint density at radius 2 is 0.460 bits per heavy atom. The van der Waals surface area contributed by atoms with Crippen molar-refractivity contribution < 1.29 is 0 Å². The van der Waals surface area contributed by atoms with Gasteiger partial charge >= 0.3 is 0 Å². The number of hydrogen-bond acceptors (Lipinski definition) is 3. The van der Waals surface area contributed by atoms with E-state index in [1.165, 1.54) is 100 Å². The Labute approximate surface area is 513 Å². The molecule has 0 amide bonds. The molecule has 3 heteroatoms. The van der Waals surface area contributed by atoms with Crippen LogP contribution in [0.2, 0.25) is 0 Å². The number of para-hydroxylation sites is 1. The minimum atomic E-state index is -0.0513. The first-order valence-corrected chi connectivity index (χ1v) is 30.1. The summed E-state index contributed by atoms with van der Waals surface area (Å²) in [5.41, 5.74) is 29.9. The van der Waals surface area contributed by atoms with Crippen LogP contribution >= 0.6 is 0 Å². The molecule has 0 saturated carbocycles. The summed E-state index contributed by atoms with van der Waals surface area (Å²) >= 11 is 0. The summed E-state index contributed by atoms with van der Waals surface area (Å²) in [6.07, 6.45) is 0. The number of nitrogens with one attached hydrogen (secondary N) is 3. The molecule has 0 unspecified atom stereocenters. The highest BCUT2D eigenvalue weighted by molar-refractivity contribution is 5.87. The SMILES string of the molecule is CC1(C)c2cc(Nc3ccc(-c4ccccc4)cc3)ccc2-c2ccc(-c3ccccc3)cc21.CC1(C)c2ccccc2-c2ccc(Nc3cccc(-c4ccccc4)c3)cc21.c1ccc(Nc2cc(-c3ccccc3)cc(-c3ccccc3)c2)cc1. The second kappa shape index (κ2) is 24.5. The van der Waals surface area contributed by atoms with Crippen LogP contribution in [0.1, 0.15) is 49.9 Å². The molecule has 0 atom stereocenters. The molecule has 0 heterocycles. The third-order valence-electron chi connectivity index (χ3n) is 17.1. The second-order valence-corrected chi connectivity index (χ2v) is 23.6. The lowest BCUT2D eigenvalue weighted by Crippen LogP contribution is -2.15. The monoisotopic (exact) mass is 1120 g/mol. The van der Waals surface area contributed by atoms with E-state index >= 15 is 0 Å². The van der Waals surface area contributed by atoms with Crippen LogP contribution in [0, 0.1) is 0 Å². The van der Waals surface area contributed by atoms with E-state index in [1.807, 2.05) is 30.3 Å². The molecular formula is C84H69N3. The minimum absolute atomic E-state index is 0.0233. The molecule has 0 fully saturated rings. The number of hydrogen-bond donors (Lipinski definition) is 3. The first-order valence-electron chi connectivity index (χ1n) is 30.1. The van der Waals surface area contributed by atoms with E-state index in [9.17, 15) is 0 Å². The van der Waals surface area contributed by atoms with Crippen molar-refractivity contribution in [3.63, 3.8) is 0 Å². The molecule has 2 aliphatic carbocycles. The molecule has 3 nitrogen and oxygen atoms in total. The van der Waals surface area contributed by atoms with E-state index in [0.29, 0.717) is 0 Å². The molecule has 420 valence electrons. The van der Waals surface area contributed by atoms with Gasteiger partial charge in [0.25, 0.3) is 0 Å². The number of anilines is 6. The molecule has 0 aliphatic heterocycles. The molecule has 2 aliphatic rings. The van der Waals surface area contributed by atoms with Crippen LogP contribution in [-0.2, 0) is 10.8 Å². The highest BCUT2D eigenvalue weighted by atomic mass is 14.9. The van der Waals surface area contributed by atoms with Crippen LogP contribution < -0.4 is 16.0 Å². The van der Waals surface area contributed by atoms with Crippen molar-refractivity contribution in [2.75, 3.05) is 16.0 Å². The van der Waals surface area contributed by atoms with Crippen molar-refractivity contribution in [1.29, 1.82) is 0 Å². The molecule has 0 aromatic heterocycles. The highest BCUT2D eigenvalue weighted by Crippen LogP contribution is 2.52. The van der Waals surface area contributed by atoms with Gasteiger partial charge in [0.15, 0.2) is 0 Å². The van der Waals surface area contributed by atoms with Crippen molar-refractivity contribution in [2.24, 2.45) is 0 Å². The van der Waals surface area contributed by atoms with Crippen LogP contribution in [0.25, 0.3) is 77.9 Å². The van der Waals surface area contributed by atoms with E-state index in [-0.39, 0.29) is 10.8 Å². The highest BCUT2D eigenvalue weighted by Gasteiger charge is 2.37. The normalized spacial score (nSPS) is 12.6. The molecule has 0 bridgehead atoms. The summed E-state index contributed by atoms with van der Waals surface area (Å²) in [7, 11) is 0. The van der Waals surface area contributed by atoms with Crippen LogP contribution in [-0.4, -0.2) is 0 Å². The zero-order valence-electron chi connectivity index (χ0n) is 49.7. The lowest BCUT2D eigenvalue weighted by atomic mass is 9.81. The van der Waals surface area contributed by atoms with E-state index in [1.54, 1.807) is 0 Å². The van der Waals surface area contributed by atoms with Gasteiger partial charge in [-0.25, -0.2) is 0 Å². The summed E-state index contributed by atoms with van der Waals surface area (Å²) in [4.78, 5) is 0. The average molecular weight is 1120 g/mol. The minimum Gasteiger partial charge on any atom is -0.356 e. The maximum atomic E-state index is 3.61. The van der Waals surface area contributed by atoms with Gasteiger partial charge in [0.1, 0.15) is 0 Å². The molecule has 0 radical (unpaired) electrons. The predicted molar refractivity (Wildman–Crippen MR) is 371 cm³/mol. The van der Waals surface area contributed by atoms with Crippen molar-refractivity contribution in [3.8, 4) is 77.9 Å². The van der Waals surface area contributed by atoms with E-state index in [4.69, 9.17) is 0 Å². The Hall–Kier alpha value is -10.7. The van der Waals surface area contributed by atoms with Crippen LogP contribution in [0.4, 0.5) is 34.1 Å². The zero-order chi connectivity index (χ0) is 59.2. The lowest BCUT2D eigenvalue weighted by Gasteiger charge is -2.23. The Balaban J connectivity index is 0.000000122. The maximum Gasteiger partial charge on any atom is 0.0396 e. The summed E-state index contributed by atoms with van der Waals surface area (Å²) < 4.78 is 0. The third kappa shape index (κ3) is 12.0. The summed E-state index contributed by atoms with van der Waals surface area (Å²) in [5, 5.41) is 10.7. The van der Waals surface area contributed by atoms with E-state index in [2.05, 4.69) is 341 Å². The van der Waals surface area contributed by atoms with Gasteiger partial charge in [-0.2, -0.15) is 0 Å². The van der Waals surface area contributed by atoms with Crippen LogP contribution in [0.15, 0.2) is 328 Å². The number of fused-ring (bicyclic) bond motifs is 6. The van der Waals surface area contributed by atoms with Gasteiger partial charge in [0, 0.05) is 45.0 Å². The number of benzene rings is 13. The zero-order valence-corrected chi connectivity index (χ0v) is 49.7. The Kier molecular flexibility index (Phi) is 15.6. The van der Waals surface area contributed by atoms with Gasteiger partial charge in [-0.3, -0.25) is 0 Å². The first kappa shape index (κ1) is 55.4. The van der Waals surface area contributed by atoms with Gasteiger partial charge in [-0.1, -0.05) is 270 Å². The maximum absolute atomic E-state index is 3.61. The molecule has 3 N–H and O–H groups in total. The standard InChI is InChI=1S/C33H27N.C27H23N.C24H19N/c1-33(2)31-21-26(24-11-7-4-8-12-24)15-19-29(31)30-20-18-28(22-32(30)33)34-27-16-13-25(14-17-27)23-9-5-3-6-10-23;1-27(2)25-14-7-6-13-23(25)24-16-15-22(18-26(24)27)28-21-12-8-11-20(17-21)19-9-4-3-5-10-19;1-4-10-19(11-5-1)21-16-22(20-12-6-2-7-13-20)18-24(17-21)25-23-14-8-3-9-15-23/h3-22,34H,1-2H3;3-18,28H,1-2H3;1-18,25H. The third-order valence-corrected chi connectivity index (χ3v) is 17.1. The summed E-state index contributed by atoms with van der Waals surface area (Å²) in [6, 6.07) is 116. The molecule has 87 heavy (non-hydrogen) atoms. The van der Waals surface area contributed by atoms with Gasteiger partial charge in [0.2, 0.25) is 0 Å².